The van der Waals surface area contributed by atoms with Gasteiger partial charge in [-0.25, -0.2) is 4.98 Å². The van der Waals surface area contributed by atoms with E-state index in [1.165, 1.54) is 0 Å². The van der Waals surface area contributed by atoms with Crippen LogP contribution in [0.2, 0.25) is 5.02 Å². The van der Waals surface area contributed by atoms with E-state index in [4.69, 9.17) is 11.6 Å². The maximum Gasteiger partial charge on any atom is 0.126 e. The molecule has 96 valence electrons. The molecule has 0 atom stereocenters. The van der Waals surface area contributed by atoms with Crippen LogP contribution in [-0.2, 0) is 5.75 Å². The van der Waals surface area contributed by atoms with Gasteiger partial charge in [-0.3, -0.25) is 0 Å². The molecule has 0 aromatic carbocycles. The summed E-state index contributed by atoms with van der Waals surface area (Å²) in [5.41, 5.74) is 0.967. The van der Waals surface area contributed by atoms with Gasteiger partial charge in [-0.1, -0.05) is 11.6 Å². The summed E-state index contributed by atoms with van der Waals surface area (Å²) in [6.07, 6.45) is 0. The molecule has 0 unspecified atom stereocenters. The first kappa shape index (κ1) is 14.6. The molecular weight excluding hydrogens is 254 g/mol. The zero-order chi connectivity index (χ0) is 12.7. The van der Waals surface area contributed by atoms with Gasteiger partial charge >= 0.3 is 0 Å². The number of aromatic nitrogens is 1. The molecule has 0 saturated heterocycles. The Labute approximate surface area is 113 Å². The van der Waals surface area contributed by atoms with Crippen molar-refractivity contribution in [2.45, 2.75) is 12.7 Å². The molecular formula is C12H20ClN3S. The zero-order valence-corrected chi connectivity index (χ0v) is 12.2. The highest BCUT2D eigenvalue weighted by atomic mass is 35.5. The second kappa shape index (κ2) is 7.80. The SMILES string of the molecule is CCNc1ccc(Cl)c(CSCCN(C)C)n1. The lowest BCUT2D eigenvalue weighted by molar-refractivity contribution is 0.437. The van der Waals surface area contributed by atoms with E-state index in [9.17, 15) is 0 Å². The first-order valence-corrected chi connectivity index (χ1v) is 7.28. The first-order chi connectivity index (χ1) is 8.13. The minimum absolute atomic E-state index is 0.754. The van der Waals surface area contributed by atoms with Crippen LogP contribution in [0.15, 0.2) is 12.1 Å². The lowest BCUT2D eigenvalue weighted by atomic mass is 10.3. The quantitative estimate of drug-likeness (QED) is 0.773. The molecule has 3 nitrogen and oxygen atoms in total. The highest BCUT2D eigenvalue weighted by Crippen LogP contribution is 2.21. The van der Waals surface area contributed by atoms with Crippen LogP contribution in [0.1, 0.15) is 12.6 Å². The van der Waals surface area contributed by atoms with Crippen LogP contribution >= 0.6 is 23.4 Å². The zero-order valence-electron chi connectivity index (χ0n) is 10.7. The smallest absolute Gasteiger partial charge is 0.126 e. The largest absolute Gasteiger partial charge is 0.370 e. The topological polar surface area (TPSA) is 28.2 Å². The van der Waals surface area contributed by atoms with Crippen molar-refractivity contribution in [3.63, 3.8) is 0 Å². The summed E-state index contributed by atoms with van der Waals surface area (Å²) in [4.78, 5) is 6.68. The minimum Gasteiger partial charge on any atom is -0.370 e. The minimum atomic E-state index is 0.754. The highest BCUT2D eigenvalue weighted by molar-refractivity contribution is 7.98. The van der Waals surface area contributed by atoms with Crippen molar-refractivity contribution in [3.8, 4) is 0 Å². The summed E-state index contributed by atoms with van der Waals surface area (Å²) < 4.78 is 0. The molecule has 0 aliphatic carbocycles. The van der Waals surface area contributed by atoms with Crippen molar-refractivity contribution in [1.82, 2.24) is 9.88 Å². The average Bonchev–Trinajstić information content (AvgIpc) is 2.28. The molecule has 0 amide bonds. The highest BCUT2D eigenvalue weighted by Gasteiger charge is 2.04. The van der Waals surface area contributed by atoms with Gasteiger partial charge in [0.2, 0.25) is 0 Å². The number of hydrogen-bond donors (Lipinski definition) is 1. The van der Waals surface area contributed by atoms with Gasteiger partial charge in [-0.2, -0.15) is 11.8 Å². The number of thioether (sulfide) groups is 1. The van der Waals surface area contributed by atoms with Crippen LogP contribution in [0.3, 0.4) is 0 Å². The number of halogens is 1. The summed E-state index contributed by atoms with van der Waals surface area (Å²) in [5.74, 6) is 2.86. The van der Waals surface area contributed by atoms with Crippen LogP contribution in [0.4, 0.5) is 5.82 Å². The molecule has 0 bridgehead atoms. The molecule has 0 radical (unpaired) electrons. The van der Waals surface area contributed by atoms with Gasteiger partial charge in [-0.05, 0) is 33.2 Å². The summed E-state index contributed by atoms with van der Waals surface area (Å²) in [7, 11) is 4.16. The Morgan fingerprint density at radius 3 is 2.82 bits per heavy atom. The van der Waals surface area contributed by atoms with Crippen LogP contribution in [0.25, 0.3) is 0 Å². The Kier molecular flexibility index (Phi) is 6.70. The molecule has 0 saturated carbocycles. The fraction of sp³-hybridized carbons (Fsp3) is 0.583. The molecule has 1 N–H and O–H groups in total. The summed E-state index contributed by atoms with van der Waals surface area (Å²) in [6, 6.07) is 3.83. The van der Waals surface area contributed by atoms with E-state index >= 15 is 0 Å². The van der Waals surface area contributed by atoms with Crippen LogP contribution in [0, 0.1) is 0 Å². The summed E-state index contributed by atoms with van der Waals surface area (Å²) >= 11 is 7.98. The first-order valence-electron chi connectivity index (χ1n) is 5.75. The van der Waals surface area contributed by atoms with E-state index in [-0.39, 0.29) is 0 Å². The Balaban J connectivity index is 2.48. The number of anilines is 1. The van der Waals surface area contributed by atoms with Crippen molar-refractivity contribution in [2.75, 3.05) is 38.3 Å². The molecule has 1 rings (SSSR count). The van der Waals surface area contributed by atoms with E-state index in [0.29, 0.717) is 0 Å². The third kappa shape index (κ3) is 5.61. The second-order valence-corrected chi connectivity index (χ2v) is 5.52. The van der Waals surface area contributed by atoms with Crippen molar-refractivity contribution < 1.29 is 0 Å². The van der Waals surface area contributed by atoms with Gasteiger partial charge in [0, 0.05) is 24.6 Å². The van der Waals surface area contributed by atoms with Crippen molar-refractivity contribution in [2.24, 2.45) is 0 Å². The van der Waals surface area contributed by atoms with Gasteiger partial charge in [0.15, 0.2) is 0 Å². The molecule has 1 aromatic rings. The van der Waals surface area contributed by atoms with Crippen LogP contribution < -0.4 is 5.32 Å². The number of hydrogen-bond acceptors (Lipinski definition) is 4. The molecule has 5 heteroatoms. The van der Waals surface area contributed by atoms with E-state index < -0.39 is 0 Å². The molecule has 1 heterocycles. The Hall–Kier alpha value is -0.450. The third-order valence-corrected chi connectivity index (χ3v) is 3.49. The molecule has 1 aromatic heterocycles. The predicted molar refractivity (Wildman–Crippen MR) is 78.1 cm³/mol. The Bertz CT molecular complexity index is 345. The van der Waals surface area contributed by atoms with Crippen molar-refractivity contribution >= 4 is 29.2 Å². The molecule has 0 spiro atoms. The molecule has 0 fully saturated rings. The van der Waals surface area contributed by atoms with Crippen LogP contribution in [0.5, 0.6) is 0 Å². The Morgan fingerprint density at radius 2 is 2.18 bits per heavy atom. The summed E-state index contributed by atoms with van der Waals surface area (Å²) in [5, 5.41) is 3.95. The number of nitrogens with zero attached hydrogens (tertiary/aromatic N) is 2. The lowest BCUT2D eigenvalue weighted by Gasteiger charge is -2.10. The van der Waals surface area contributed by atoms with E-state index in [2.05, 4.69) is 36.2 Å². The summed E-state index contributed by atoms with van der Waals surface area (Å²) in [6.45, 7) is 4.01. The standard InChI is InChI=1S/C12H20ClN3S/c1-4-14-12-6-5-10(13)11(15-12)9-17-8-7-16(2)3/h5-6H,4,7-9H2,1-3H3,(H,14,15). The predicted octanol–water partition coefficient (Wildman–Crippen LogP) is 2.96. The fourth-order valence-electron chi connectivity index (χ4n) is 1.28. The number of pyridine rings is 1. The van der Waals surface area contributed by atoms with Gasteiger partial charge in [0.05, 0.1) is 10.7 Å². The number of nitrogens with one attached hydrogen (secondary N) is 1. The number of rotatable bonds is 7. The molecule has 17 heavy (non-hydrogen) atoms. The van der Waals surface area contributed by atoms with E-state index in [1.807, 2.05) is 23.9 Å². The maximum absolute atomic E-state index is 6.12. The third-order valence-electron chi connectivity index (χ3n) is 2.20. The van der Waals surface area contributed by atoms with Gasteiger partial charge in [-0.15, -0.1) is 0 Å². The normalized spacial score (nSPS) is 10.9. The molecule has 0 aliphatic heterocycles. The van der Waals surface area contributed by atoms with E-state index in [1.54, 1.807) is 0 Å². The average molecular weight is 274 g/mol. The molecule has 0 aliphatic rings. The Morgan fingerprint density at radius 1 is 1.41 bits per heavy atom. The van der Waals surface area contributed by atoms with Crippen molar-refractivity contribution in [3.05, 3.63) is 22.8 Å². The second-order valence-electron chi connectivity index (χ2n) is 4.01. The lowest BCUT2D eigenvalue weighted by Crippen LogP contribution is -2.14. The maximum atomic E-state index is 6.12. The van der Waals surface area contributed by atoms with Crippen molar-refractivity contribution in [1.29, 1.82) is 0 Å². The van der Waals surface area contributed by atoms with E-state index in [0.717, 1.165) is 41.1 Å². The monoisotopic (exact) mass is 273 g/mol. The van der Waals surface area contributed by atoms with Crippen LogP contribution in [-0.4, -0.2) is 42.8 Å². The van der Waals surface area contributed by atoms with Gasteiger partial charge < -0.3 is 10.2 Å². The fourth-order valence-corrected chi connectivity index (χ4v) is 2.58. The van der Waals surface area contributed by atoms with Gasteiger partial charge in [0.1, 0.15) is 5.82 Å². The van der Waals surface area contributed by atoms with Gasteiger partial charge in [0.25, 0.3) is 0 Å².